The summed E-state index contributed by atoms with van der Waals surface area (Å²) in [4.78, 5) is 33.8. The molecule has 0 aliphatic carbocycles. The van der Waals surface area contributed by atoms with E-state index >= 15 is 0 Å². The third-order valence-electron chi connectivity index (χ3n) is 6.24. The van der Waals surface area contributed by atoms with Crippen molar-refractivity contribution < 1.29 is 23.8 Å². The first-order valence-electron chi connectivity index (χ1n) is 11.9. The highest BCUT2D eigenvalue weighted by Gasteiger charge is 2.45. The van der Waals surface area contributed by atoms with E-state index in [2.05, 4.69) is 0 Å². The number of anilines is 1. The first-order chi connectivity index (χ1) is 18.0. The third-order valence-corrected chi connectivity index (χ3v) is 7.26. The van der Waals surface area contributed by atoms with E-state index in [9.17, 15) is 14.7 Å². The van der Waals surface area contributed by atoms with Gasteiger partial charge in [0.2, 0.25) is 5.76 Å². The van der Waals surface area contributed by atoms with Gasteiger partial charge in [0.05, 0.1) is 40.4 Å². The van der Waals surface area contributed by atoms with Gasteiger partial charge in [-0.2, -0.15) is 0 Å². The second kappa shape index (κ2) is 8.94. The van der Waals surface area contributed by atoms with E-state index in [0.29, 0.717) is 46.1 Å². The van der Waals surface area contributed by atoms with Crippen LogP contribution in [-0.4, -0.2) is 29.2 Å². The van der Waals surface area contributed by atoms with Crippen molar-refractivity contribution in [3.8, 4) is 17.2 Å². The second-order valence-electron chi connectivity index (χ2n) is 8.47. The summed E-state index contributed by atoms with van der Waals surface area (Å²) in [5.74, 6) is 0.458. The summed E-state index contributed by atoms with van der Waals surface area (Å²) in [7, 11) is 0. The number of nitrogens with zero attached hydrogens (tertiary/aromatic N) is 2. The lowest BCUT2D eigenvalue weighted by molar-refractivity contribution is 0.0971. The summed E-state index contributed by atoms with van der Waals surface area (Å²) < 4.78 is 18.1. The number of amides is 1. The summed E-state index contributed by atoms with van der Waals surface area (Å²) in [6.45, 7) is 4.59. The standard InChI is InChI=1S/C28H22N2O6S/c1-3-34-16-10-11-18-22(14-16)37-28(29-18)30-24(15-9-12-19(31)21(13-15)35-4-2)23-25(32)17-7-5-6-8-20(17)36-26(23)27(30)33/h5-14,24,31H,3-4H2,1-2H3/t24-/m0/s1. The highest BCUT2D eigenvalue weighted by atomic mass is 32.1. The third kappa shape index (κ3) is 3.70. The maximum Gasteiger partial charge on any atom is 0.297 e. The lowest BCUT2D eigenvalue weighted by Crippen LogP contribution is -2.29. The van der Waals surface area contributed by atoms with Gasteiger partial charge in [-0.1, -0.05) is 29.5 Å². The molecule has 1 aliphatic heterocycles. The molecule has 2 aromatic heterocycles. The van der Waals surface area contributed by atoms with Gasteiger partial charge in [0.15, 0.2) is 22.1 Å². The van der Waals surface area contributed by atoms with E-state index in [4.69, 9.17) is 18.9 Å². The molecule has 1 aliphatic rings. The number of hydrogen-bond acceptors (Lipinski definition) is 8. The fourth-order valence-electron chi connectivity index (χ4n) is 4.66. The fourth-order valence-corrected chi connectivity index (χ4v) is 5.68. The summed E-state index contributed by atoms with van der Waals surface area (Å²) in [6, 6.07) is 16.4. The summed E-state index contributed by atoms with van der Waals surface area (Å²) in [5.41, 5.74) is 1.57. The molecule has 0 fully saturated rings. The molecule has 5 aromatic rings. The van der Waals surface area contributed by atoms with Crippen LogP contribution in [0.25, 0.3) is 21.2 Å². The van der Waals surface area contributed by atoms with Crippen LogP contribution in [0.4, 0.5) is 5.13 Å². The second-order valence-corrected chi connectivity index (χ2v) is 9.48. The summed E-state index contributed by atoms with van der Waals surface area (Å²) in [6.07, 6.45) is 0. The number of aromatic nitrogens is 1. The van der Waals surface area contributed by atoms with Gasteiger partial charge in [0.25, 0.3) is 5.91 Å². The highest BCUT2D eigenvalue weighted by Crippen LogP contribution is 2.45. The molecular formula is C28H22N2O6S. The van der Waals surface area contributed by atoms with Crippen molar-refractivity contribution in [1.82, 2.24) is 4.98 Å². The van der Waals surface area contributed by atoms with Gasteiger partial charge >= 0.3 is 0 Å². The lowest BCUT2D eigenvalue weighted by Gasteiger charge is -2.23. The largest absolute Gasteiger partial charge is 0.504 e. The highest BCUT2D eigenvalue weighted by molar-refractivity contribution is 7.22. The molecule has 1 atom stereocenters. The number of carbonyl (C=O) groups excluding carboxylic acids is 1. The quantitative estimate of drug-likeness (QED) is 0.312. The van der Waals surface area contributed by atoms with E-state index < -0.39 is 11.9 Å². The van der Waals surface area contributed by atoms with Crippen LogP contribution in [0.15, 0.2) is 69.9 Å². The average molecular weight is 515 g/mol. The molecule has 3 heterocycles. The monoisotopic (exact) mass is 514 g/mol. The van der Waals surface area contributed by atoms with Crippen molar-refractivity contribution in [3.63, 3.8) is 0 Å². The molecule has 9 heteroatoms. The van der Waals surface area contributed by atoms with Gasteiger partial charge in [-0.25, -0.2) is 4.98 Å². The Balaban J connectivity index is 1.59. The molecular weight excluding hydrogens is 492 g/mol. The number of aromatic hydroxyl groups is 1. The van der Waals surface area contributed by atoms with Crippen molar-refractivity contribution in [2.75, 3.05) is 18.1 Å². The molecule has 0 spiro atoms. The Morgan fingerprint density at radius 3 is 2.65 bits per heavy atom. The Labute approximate surface area is 215 Å². The van der Waals surface area contributed by atoms with E-state index in [1.54, 1.807) is 36.4 Å². The lowest BCUT2D eigenvalue weighted by atomic mass is 9.98. The van der Waals surface area contributed by atoms with Crippen molar-refractivity contribution in [2.24, 2.45) is 0 Å². The van der Waals surface area contributed by atoms with Gasteiger partial charge < -0.3 is 19.0 Å². The fraction of sp³-hybridized carbons (Fsp3) is 0.179. The van der Waals surface area contributed by atoms with E-state index in [1.807, 2.05) is 32.0 Å². The Bertz CT molecular complexity index is 1740. The van der Waals surface area contributed by atoms with Gasteiger partial charge in [-0.15, -0.1) is 0 Å². The van der Waals surface area contributed by atoms with Crippen LogP contribution in [-0.2, 0) is 0 Å². The van der Waals surface area contributed by atoms with Crippen molar-refractivity contribution in [2.45, 2.75) is 19.9 Å². The molecule has 3 aromatic carbocycles. The van der Waals surface area contributed by atoms with Crippen LogP contribution >= 0.6 is 11.3 Å². The van der Waals surface area contributed by atoms with Crippen LogP contribution in [0.3, 0.4) is 0 Å². The Morgan fingerprint density at radius 1 is 1.03 bits per heavy atom. The smallest absolute Gasteiger partial charge is 0.297 e. The Kier molecular flexibility index (Phi) is 5.57. The first-order valence-corrected chi connectivity index (χ1v) is 12.7. The zero-order valence-electron chi connectivity index (χ0n) is 20.1. The zero-order chi connectivity index (χ0) is 25.7. The molecule has 0 saturated carbocycles. The SMILES string of the molecule is CCOc1ccc2nc(N3C(=O)c4oc5ccccc5c(=O)c4[C@@H]3c3ccc(O)c(OCC)c3)sc2c1. The maximum atomic E-state index is 13.9. The van der Waals surface area contributed by atoms with Crippen molar-refractivity contribution in [3.05, 3.63) is 87.8 Å². The number of para-hydroxylation sites is 1. The Morgan fingerprint density at radius 2 is 1.84 bits per heavy atom. The minimum Gasteiger partial charge on any atom is -0.504 e. The van der Waals surface area contributed by atoms with Crippen LogP contribution in [0.5, 0.6) is 17.2 Å². The number of phenols is 1. The molecule has 1 N–H and O–H groups in total. The number of fused-ring (bicyclic) bond motifs is 3. The van der Waals surface area contributed by atoms with E-state index in [0.717, 1.165) is 4.70 Å². The van der Waals surface area contributed by atoms with E-state index in [1.165, 1.54) is 22.3 Å². The number of thiazole rings is 1. The summed E-state index contributed by atoms with van der Waals surface area (Å²) >= 11 is 1.32. The molecule has 1 amide bonds. The molecule has 0 unspecified atom stereocenters. The number of rotatable bonds is 6. The minimum absolute atomic E-state index is 0.0194. The maximum absolute atomic E-state index is 13.9. The van der Waals surface area contributed by atoms with Crippen molar-refractivity contribution in [1.29, 1.82) is 0 Å². The van der Waals surface area contributed by atoms with Crippen LogP contribution in [0.2, 0.25) is 0 Å². The number of phenolic OH excluding ortho intramolecular Hbond substituents is 1. The molecule has 8 nitrogen and oxygen atoms in total. The minimum atomic E-state index is -0.824. The topological polar surface area (TPSA) is 102 Å². The molecule has 186 valence electrons. The molecule has 37 heavy (non-hydrogen) atoms. The molecule has 0 radical (unpaired) electrons. The van der Waals surface area contributed by atoms with Gasteiger partial charge in [0.1, 0.15) is 11.3 Å². The zero-order valence-corrected chi connectivity index (χ0v) is 20.9. The number of benzene rings is 3. The number of ether oxygens (including phenoxy) is 2. The van der Waals surface area contributed by atoms with Crippen molar-refractivity contribution >= 4 is 43.6 Å². The molecule has 0 saturated heterocycles. The van der Waals surface area contributed by atoms with Crippen LogP contribution < -0.4 is 19.8 Å². The van der Waals surface area contributed by atoms with E-state index in [-0.39, 0.29) is 28.3 Å². The molecule has 0 bridgehead atoms. The Hall–Kier alpha value is -4.37. The predicted octanol–water partition coefficient (Wildman–Crippen LogP) is 5.66. The predicted molar refractivity (Wildman–Crippen MR) is 141 cm³/mol. The first kappa shape index (κ1) is 23.1. The van der Waals surface area contributed by atoms with Gasteiger partial charge in [0, 0.05) is 0 Å². The summed E-state index contributed by atoms with van der Waals surface area (Å²) in [5, 5.41) is 11.1. The van der Waals surface area contributed by atoms with Crippen LogP contribution in [0, 0.1) is 0 Å². The number of carbonyl (C=O) groups is 1. The van der Waals surface area contributed by atoms with Gasteiger partial charge in [-0.3, -0.25) is 14.5 Å². The molecule has 6 rings (SSSR count). The van der Waals surface area contributed by atoms with Crippen LogP contribution in [0.1, 0.15) is 41.6 Å². The van der Waals surface area contributed by atoms with Gasteiger partial charge in [-0.05, 0) is 61.9 Å². The normalized spacial score (nSPS) is 14.9. The number of hydrogen-bond donors (Lipinski definition) is 1. The average Bonchev–Trinajstić information content (AvgIpc) is 3.44.